The van der Waals surface area contributed by atoms with Crippen LogP contribution in [0.4, 0.5) is 5.69 Å². The average molecular weight is 278 g/mol. The van der Waals surface area contributed by atoms with Crippen LogP contribution in [-0.4, -0.2) is 31.4 Å². The smallest absolute Gasteiger partial charge is 0.0866 e. The van der Waals surface area contributed by atoms with Gasteiger partial charge in [-0.3, -0.25) is 0 Å². The van der Waals surface area contributed by atoms with E-state index >= 15 is 0 Å². The molecule has 2 atom stereocenters. The topological polar surface area (TPSA) is 67.5 Å². The summed E-state index contributed by atoms with van der Waals surface area (Å²) in [5.41, 5.74) is 7.68. The Kier molecular flexibility index (Phi) is 6.30. The van der Waals surface area contributed by atoms with Crippen LogP contribution in [0.25, 0.3) is 0 Å². The highest BCUT2D eigenvalue weighted by Gasteiger charge is 2.24. The zero-order chi connectivity index (χ0) is 14.2. The maximum absolute atomic E-state index is 9.04. The molecule has 1 aliphatic heterocycles. The van der Waals surface area contributed by atoms with Crippen LogP contribution in [0.15, 0.2) is 24.3 Å². The molecular weight excluding hydrogens is 252 g/mol. The van der Waals surface area contributed by atoms with E-state index in [0.717, 1.165) is 30.8 Å². The molecule has 4 nitrogen and oxygen atoms in total. The van der Waals surface area contributed by atoms with E-state index in [1.165, 1.54) is 19.3 Å². The molecule has 0 spiro atoms. The first-order chi connectivity index (χ1) is 9.81. The number of ether oxygens (including phenoxy) is 1. The third kappa shape index (κ3) is 4.47. The summed E-state index contributed by atoms with van der Waals surface area (Å²) in [5.74, 6) is 0.450. The van der Waals surface area contributed by atoms with E-state index in [-0.39, 0.29) is 12.7 Å². The summed E-state index contributed by atoms with van der Waals surface area (Å²) in [5, 5.41) is 12.6. The van der Waals surface area contributed by atoms with Crippen LogP contribution < -0.4 is 11.1 Å². The Morgan fingerprint density at radius 1 is 1.25 bits per heavy atom. The minimum Gasteiger partial charge on any atom is -0.399 e. The monoisotopic (exact) mass is 278 g/mol. The van der Waals surface area contributed by atoms with Gasteiger partial charge >= 0.3 is 0 Å². The summed E-state index contributed by atoms with van der Waals surface area (Å²) < 4.78 is 5.92. The Balaban J connectivity index is 2.09. The summed E-state index contributed by atoms with van der Waals surface area (Å²) >= 11 is 0. The SMILES string of the molecule is Nc1ccc(C(OCCO)C2CCCCCNC2)cc1. The fourth-order valence-electron chi connectivity index (χ4n) is 2.85. The summed E-state index contributed by atoms with van der Waals surface area (Å²) in [6.45, 7) is 2.50. The van der Waals surface area contributed by atoms with Crippen LogP contribution in [0.1, 0.15) is 37.4 Å². The average Bonchev–Trinajstić information content (AvgIpc) is 2.42. The molecule has 0 aliphatic carbocycles. The Bertz CT molecular complexity index is 373. The van der Waals surface area contributed by atoms with E-state index in [2.05, 4.69) is 5.32 Å². The van der Waals surface area contributed by atoms with Crippen LogP contribution in [0.2, 0.25) is 0 Å². The molecule has 1 saturated heterocycles. The Morgan fingerprint density at radius 3 is 2.80 bits per heavy atom. The number of nitrogens with one attached hydrogen (secondary N) is 1. The maximum atomic E-state index is 9.04. The molecule has 4 heteroatoms. The molecule has 1 heterocycles. The molecule has 112 valence electrons. The van der Waals surface area contributed by atoms with Crippen LogP contribution in [-0.2, 0) is 4.74 Å². The molecule has 0 aromatic heterocycles. The predicted molar refractivity (Wildman–Crippen MR) is 81.5 cm³/mol. The number of aliphatic hydroxyl groups excluding tert-OH is 1. The van der Waals surface area contributed by atoms with Gasteiger partial charge in [0.05, 0.1) is 19.3 Å². The first kappa shape index (κ1) is 15.3. The minimum atomic E-state index is 0.0355. The highest BCUT2D eigenvalue weighted by molar-refractivity contribution is 5.40. The molecule has 20 heavy (non-hydrogen) atoms. The van der Waals surface area contributed by atoms with E-state index in [4.69, 9.17) is 15.6 Å². The predicted octanol–water partition coefficient (Wildman–Crippen LogP) is 2.10. The number of aliphatic hydroxyl groups is 1. The number of hydrogen-bond acceptors (Lipinski definition) is 4. The third-order valence-corrected chi connectivity index (χ3v) is 3.92. The number of anilines is 1. The summed E-state index contributed by atoms with van der Waals surface area (Å²) in [7, 11) is 0. The second-order valence-corrected chi connectivity index (χ2v) is 5.50. The fourth-order valence-corrected chi connectivity index (χ4v) is 2.85. The lowest BCUT2D eigenvalue weighted by Crippen LogP contribution is -2.31. The molecule has 1 aliphatic rings. The maximum Gasteiger partial charge on any atom is 0.0866 e. The molecule has 0 bridgehead atoms. The zero-order valence-electron chi connectivity index (χ0n) is 12.1. The van der Waals surface area contributed by atoms with Gasteiger partial charge in [-0.05, 0) is 37.1 Å². The lowest BCUT2D eigenvalue weighted by Gasteiger charge is -2.29. The van der Waals surface area contributed by atoms with Gasteiger partial charge < -0.3 is 20.9 Å². The van der Waals surface area contributed by atoms with Crippen molar-refractivity contribution in [1.82, 2.24) is 5.32 Å². The van der Waals surface area contributed by atoms with Crippen LogP contribution >= 0.6 is 0 Å². The first-order valence-corrected chi connectivity index (χ1v) is 7.60. The Labute approximate surface area is 121 Å². The van der Waals surface area contributed by atoms with E-state index in [1.807, 2.05) is 24.3 Å². The van der Waals surface area contributed by atoms with Crippen molar-refractivity contribution < 1.29 is 9.84 Å². The lowest BCUT2D eigenvalue weighted by molar-refractivity contribution is -0.0108. The van der Waals surface area contributed by atoms with Crippen LogP contribution in [0.5, 0.6) is 0 Å². The minimum absolute atomic E-state index is 0.0355. The van der Waals surface area contributed by atoms with Crippen molar-refractivity contribution in [3.05, 3.63) is 29.8 Å². The van der Waals surface area contributed by atoms with Gasteiger partial charge in [-0.25, -0.2) is 0 Å². The van der Waals surface area contributed by atoms with Crippen LogP contribution in [0, 0.1) is 5.92 Å². The largest absolute Gasteiger partial charge is 0.399 e. The van der Waals surface area contributed by atoms with Crippen molar-refractivity contribution in [3.8, 4) is 0 Å². The van der Waals surface area contributed by atoms with E-state index in [1.54, 1.807) is 0 Å². The normalized spacial score (nSPS) is 21.9. The van der Waals surface area contributed by atoms with Gasteiger partial charge in [-0.1, -0.05) is 25.0 Å². The van der Waals surface area contributed by atoms with Crippen molar-refractivity contribution in [1.29, 1.82) is 0 Å². The number of nitrogen functional groups attached to an aromatic ring is 1. The van der Waals surface area contributed by atoms with E-state index in [9.17, 15) is 0 Å². The van der Waals surface area contributed by atoms with Gasteiger partial charge in [-0.2, -0.15) is 0 Å². The first-order valence-electron chi connectivity index (χ1n) is 7.60. The van der Waals surface area contributed by atoms with Crippen molar-refractivity contribution in [2.24, 2.45) is 5.92 Å². The fraction of sp³-hybridized carbons (Fsp3) is 0.625. The lowest BCUT2D eigenvalue weighted by atomic mass is 9.89. The highest BCUT2D eigenvalue weighted by atomic mass is 16.5. The molecule has 1 fully saturated rings. The molecule has 1 aromatic carbocycles. The molecule has 0 radical (unpaired) electrons. The Morgan fingerprint density at radius 2 is 2.05 bits per heavy atom. The van der Waals surface area contributed by atoms with Gasteiger partial charge in [0.2, 0.25) is 0 Å². The van der Waals surface area contributed by atoms with Crippen molar-refractivity contribution in [3.63, 3.8) is 0 Å². The van der Waals surface area contributed by atoms with Gasteiger partial charge in [0.15, 0.2) is 0 Å². The van der Waals surface area contributed by atoms with E-state index < -0.39 is 0 Å². The highest BCUT2D eigenvalue weighted by Crippen LogP contribution is 2.31. The van der Waals surface area contributed by atoms with Crippen molar-refractivity contribution in [2.75, 3.05) is 32.0 Å². The second-order valence-electron chi connectivity index (χ2n) is 5.50. The van der Waals surface area contributed by atoms with Crippen molar-refractivity contribution in [2.45, 2.75) is 31.8 Å². The summed E-state index contributed by atoms with van der Waals surface area (Å²) in [4.78, 5) is 0. The number of benzene rings is 1. The number of nitrogens with two attached hydrogens (primary N) is 1. The zero-order valence-corrected chi connectivity index (χ0v) is 12.1. The standard InChI is InChI=1S/C16H26N2O2/c17-15-7-5-13(6-8-15)16(20-11-10-19)14-4-2-1-3-9-18-12-14/h5-8,14,16,18-19H,1-4,9-12,17H2. The molecule has 0 amide bonds. The third-order valence-electron chi connectivity index (χ3n) is 3.92. The van der Waals surface area contributed by atoms with Gasteiger partial charge in [0, 0.05) is 18.2 Å². The molecule has 2 rings (SSSR count). The molecule has 2 unspecified atom stereocenters. The van der Waals surface area contributed by atoms with Crippen LogP contribution in [0.3, 0.4) is 0 Å². The molecule has 4 N–H and O–H groups in total. The second kappa shape index (κ2) is 8.25. The number of rotatable bonds is 5. The summed E-state index contributed by atoms with van der Waals surface area (Å²) in [6, 6.07) is 7.91. The molecular formula is C16H26N2O2. The van der Waals surface area contributed by atoms with Gasteiger partial charge in [0.1, 0.15) is 0 Å². The van der Waals surface area contributed by atoms with E-state index in [0.29, 0.717) is 12.5 Å². The van der Waals surface area contributed by atoms with Crippen molar-refractivity contribution >= 4 is 5.69 Å². The quantitative estimate of drug-likeness (QED) is 0.722. The number of hydrogen-bond donors (Lipinski definition) is 3. The van der Waals surface area contributed by atoms with Gasteiger partial charge in [-0.15, -0.1) is 0 Å². The molecule has 1 aromatic rings. The Hall–Kier alpha value is -1.10. The van der Waals surface area contributed by atoms with Gasteiger partial charge in [0.25, 0.3) is 0 Å². The molecule has 0 saturated carbocycles. The summed E-state index contributed by atoms with van der Waals surface area (Å²) in [6.07, 6.45) is 4.98.